The first kappa shape index (κ1) is 8.70. The summed E-state index contributed by atoms with van der Waals surface area (Å²) in [6, 6.07) is 0. The molecule has 0 spiro atoms. The highest BCUT2D eigenvalue weighted by molar-refractivity contribution is 5.67. The SMILES string of the molecule is Cc1ncc(N)c(N)c1C(F)F. The van der Waals surface area contributed by atoms with Crippen molar-refractivity contribution in [3.05, 3.63) is 17.5 Å². The van der Waals surface area contributed by atoms with Crippen LogP contribution in [0.4, 0.5) is 20.2 Å². The van der Waals surface area contributed by atoms with Crippen LogP contribution in [-0.2, 0) is 0 Å². The number of aryl methyl sites for hydroxylation is 1. The van der Waals surface area contributed by atoms with Gasteiger partial charge in [-0.05, 0) is 6.92 Å². The summed E-state index contributed by atoms with van der Waals surface area (Å²) in [5.41, 5.74) is 10.6. The van der Waals surface area contributed by atoms with Gasteiger partial charge < -0.3 is 11.5 Å². The maximum Gasteiger partial charge on any atom is 0.267 e. The van der Waals surface area contributed by atoms with Gasteiger partial charge in [0.2, 0.25) is 0 Å². The lowest BCUT2D eigenvalue weighted by Gasteiger charge is -2.08. The normalized spacial score (nSPS) is 10.7. The van der Waals surface area contributed by atoms with E-state index in [1.54, 1.807) is 0 Å². The molecule has 1 aromatic heterocycles. The van der Waals surface area contributed by atoms with Crippen molar-refractivity contribution in [2.24, 2.45) is 0 Å². The molecule has 0 aliphatic carbocycles. The Kier molecular flexibility index (Phi) is 2.12. The number of alkyl halides is 2. The van der Waals surface area contributed by atoms with Gasteiger partial charge in [-0.15, -0.1) is 0 Å². The van der Waals surface area contributed by atoms with Crippen LogP contribution in [0, 0.1) is 6.92 Å². The predicted molar refractivity (Wildman–Crippen MR) is 42.8 cm³/mol. The number of nitrogens with zero attached hydrogens (tertiary/aromatic N) is 1. The minimum Gasteiger partial charge on any atom is -0.397 e. The molecule has 66 valence electrons. The number of nitrogens with two attached hydrogens (primary N) is 2. The van der Waals surface area contributed by atoms with Gasteiger partial charge in [-0.1, -0.05) is 0 Å². The Morgan fingerprint density at radius 3 is 2.42 bits per heavy atom. The first-order valence-electron chi connectivity index (χ1n) is 3.32. The van der Waals surface area contributed by atoms with Gasteiger partial charge in [0.15, 0.2) is 0 Å². The summed E-state index contributed by atoms with van der Waals surface area (Å²) in [6.07, 6.45) is -1.35. The maximum atomic E-state index is 12.3. The largest absolute Gasteiger partial charge is 0.397 e. The first-order valence-corrected chi connectivity index (χ1v) is 3.32. The Balaban J connectivity index is 3.33. The molecule has 1 rings (SSSR count). The zero-order chi connectivity index (χ0) is 9.30. The van der Waals surface area contributed by atoms with Crippen molar-refractivity contribution < 1.29 is 8.78 Å². The van der Waals surface area contributed by atoms with E-state index >= 15 is 0 Å². The van der Waals surface area contributed by atoms with Crippen LogP contribution in [0.5, 0.6) is 0 Å². The second-order valence-corrected chi connectivity index (χ2v) is 2.43. The maximum absolute atomic E-state index is 12.3. The smallest absolute Gasteiger partial charge is 0.267 e. The third kappa shape index (κ3) is 1.30. The van der Waals surface area contributed by atoms with Crippen LogP contribution in [0.15, 0.2) is 6.20 Å². The van der Waals surface area contributed by atoms with E-state index in [2.05, 4.69) is 4.98 Å². The number of rotatable bonds is 1. The fourth-order valence-electron chi connectivity index (χ4n) is 0.931. The molecule has 1 heterocycles. The molecule has 0 atom stereocenters. The van der Waals surface area contributed by atoms with Crippen molar-refractivity contribution >= 4 is 11.4 Å². The summed E-state index contributed by atoms with van der Waals surface area (Å²) in [6.45, 7) is 1.47. The quantitative estimate of drug-likeness (QED) is 0.676. The highest BCUT2D eigenvalue weighted by Crippen LogP contribution is 2.30. The van der Waals surface area contributed by atoms with E-state index < -0.39 is 6.43 Å². The number of hydrogen-bond donors (Lipinski definition) is 2. The summed E-state index contributed by atoms with van der Waals surface area (Å²) in [5, 5.41) is 0. The predicted octanol–water partition coefficient (Wildman–Crippen LogP) is 1.49. The molecule has 0 fully saturated rings. The van der Waals surface area contributed by atoms with E-state index in [9.17, 15) is 8.78 Å². The molecule has 0 saturated heterocycles. The van der Waals surface area contributed by atoms with Gasteiger partial charge in [0.05, 0.1) is 23.1 Å². The van der Waals surface area contributed by atoms with Crippen molar-refractivity contribution in [3.63, 3.8) is 0 Å². The standard InChI is InChI=1S/C7H9F2N3/c1-3-5(7(8)9)6(11)4(10)2-12-3/h2,7H,10H2,1H3,(H2,11,12). The highest BCUT2D eigenvalue weighted by atomic mass is 19.3. The molecule has 0 aromatic carbocycles. The van der Waals surface area contributed by atoms with Crippen molar-refractivity contribution in [3.8, 4) is 0 Å². The number of pyridine rings is 1. The molecule has 0 aliphatic heterocycles. The summed E-state index contributed by atoms with van der Waals surface area (Å²) < 4.78 is 24.6. The Labute approximate surface area is 68.4 Å². The van der Waals surface area contributed by atoms with E-state index in [-0.39, 0.29) is 22.6 Å². The first-order chi connectivity index (χ1) is 5.54. The number of anilines is 2. The van der Waals surface area contributed by atoms with Crippen molar-refractivity contribution in [2.45, 2.75) is 13.3 Å². The second kappa shape index (κ2) is 2.92. The van der Waals surface area contributed by atoms with Crippen LogP contribution in [0.25, 0.3) is 0 Å². The van der Waals surface area contributed by atoms with Gasteiger partial charge in [0.25, 0.3) is 6.43 Å². The topological polar surface area (TPSA) is 64.9 Å². The zero-order valence-electron chi connectivity index (χ0n) is 6.51. The van der Waals surface area contributed by atoms with Crippen LogP contribution >= 0.6 is 0 Å². The van der Waals surface area contributed by atoms with Gasteiger partial charge >= 0.3 is 0 Å². The van der Waals surface area contributed by atoms with Crippen LogP contribution in [-0.4, -0.2) is 4.98 Å². The van der Waals surface area contributed by atoms with Crippen molar-refractivity contribution in [1.82, 2.24) is 4.98 Å². The fraction of sp³-hybridized carbons (Fsp3) is 0.286. The minimum atomic E-state index is -2.62. The summed E-state index contributed by atoms with van der Waals surface area (Å²) >= 11 is 0. The molecule has 0 amide bonds. The average Bonchev–Trinajstić information content (AvgIpc) is 1.97. The third-order valence-corrected chi connectivity index (χ3v) is 1.61. The number of aromatic nitrogens is 1. The average molecular weight is 173 g/mol. The minimum absolute atomic E-state index is 0.0718. The van der Waals surface area contributed by atoms with Gasteiger partial charge in [0, 0.05) is 5.69 Å². The second-order valence-electron chi connectivity index (χ2n) is 2.43. The zero-order valence-corrected chi connectivity index (χ0v) is 6.51. The van der Waals surface area contributed by atoms with Crippen LogP contribution < -0.4 is 11.5 Å². The lowest BCUT2D eigenvalue weighted by atomic mass is 10.1. The van der Waals surface area contributed by atoms with Gasteiger partial charge in [-0.2, -0.15) is 0 Å². The number of hydrogen-bond acceptors (Lipinski definition) is 3. The molecule has 0 radical (unpaired) electrons. The monoisotopic (exact) mass is 173 g/mol. The van der Waals surface area contributed by atoms with E-state index in [1.165, 1.54) is 13.1 Å². The molecule has 5 heteroatoms. The molecule has 3 nitrogen and oxygen atoms in total. The van der Waals surface area contributed by atoms with E-state index in [4.69, 9.17) is 11.5 Å². The molecule has 12 heavy (non-hydrogen) atoms. The van der Waals surface area contributed by atoms with E-state index in [1.807, 2.05) is 0 Å². The lowest BCUT2D eigenvalue weighted by molar-refractivity contribution is 0.151. The fourth-order valence-corrected chi connectivity index (χ4v) is 0.931. The Bertz CT molecular complexity index is 299. The Hall–Kier alpha value is -1.39. The van der Waals surface area contributed by atoms with E-state index in [0.29, 0.717) is 0 Å². The molecule has 0 saturated carbocycles. The van der Waals surface area contributed by atoms with Gasteiger partial charge in [-0.25, -0.2) is 8.78 Å². The molecular weight excluding hydrogens is 164 g/mol. The summed E-state index contributed by atoms with van der Waals surface area (Å²) in [4.78, 5) is 3.68. The lowest BCUT2D eigenvalue weighted by Crippen LogP contribution is -2.04. The molecule has 0 bridgehead atoms. The van der Waals surface area contributed by atoms with Gasteiger partial charge in [-0.3, -0.25) is 4.98 Å². The number of nitrogen functional groups attached to an aromatic ring is 2. The van der Waals surface area contributed by atoms with Crippen LogP contribution in [0.3, 0.4) is 0 Å². The van der Waals surface area contributed by atoms with Crippen LogP contribution in [0.1, 0.15) is 17.7 Å². The number of halogens is 2. The molecule has 0 unspecified atom stereocenters. The van der Waals surface area contributed by atoms with Gasteiger partial charge in [0.1, 0.15) is 0 Å². The molecule has 1 aromatic rings. The van der Waals surface area contributed by atoms with Crippen molar-refractivity contribution in [1.29, 1.82) is 0 Å². The Morgan fingerprint density at radius 2 is 2.00 bits per heavy atom. The molecule has 4 N–H and O–H groups in total. The summed E-state index contributed by atoms with van der Waals surface area (Å²) in [5.74, 6) is 0. The summed E-state index contributed by atoms with van der Waals surface area (Å²) in [7, 11) is 0. The third-order valence-electron chi connectivity index (χ3n) is 1.61. The van der Waals surface area contributed by atoms with E-state index in [0.717, 1.165) is 0 Å². The van der Waals surface area contributed by atoms with Crippen molar-refractivity contribution in [2.75, 3.05) is 11.5 Å². The molecular formula is C7H9F2N3. The highest BCUT2D eigenvalue weighted by Gasteiger charge is 2.16. The Morgan fingerprint density at radius 1 is 1.42 bits per heavy atom. The van der Waals surface area contributed by atoms with Crippen LogP contribution in [0.2, 0.25) is 0 Å². The molecule has 0 aliphatic rings.